The van der Waals surface area contributed by atoms with E-state index in [-0.39, 0.29) is 30.2 Å². The summed E-state index contributed by atoms with van der Waals surface area (Å²) in [6.45, 7) is 1.53. The number of piperazine rings is 1. The number of fused-ring (bicyclic) bond motifs is 5. The predicted octanol–water partition coefficient (Wildman–Crippen LogP) is 4.39. The second kappa shape index (κ2) is 9.72. The smallest absolute Gasteiger partial charge is 0.387 e. The van der Waals surface area contributed by atoms with Crippen LogP contribution in [0.15, 0.2) is 48.8 Å². The summed E-state index contributed by atoms with van der Waals surface area (Å²) in [5.41, 5.74) is 2.71. The monoisotopic (exact) mass is 564 g/mol. The second-order valence-electron chi connectivity index (χ2n) is 10.9. The number of hydrogen-bond acceptors (Lipinski definition) is 7. The molecular weight excluding hydrogens is 537 g/mol. The molecule has 3 unspecified atom stereocenters. The Bertz CT molecular complexity index is 1640. The maximum absolute atomic E-state index is 15.4. The standard InChI is InChI=1S/C29H27F3N6O3/c1-15-24-25(15)27-35-20-11-19(30)18(10-21(20)38(27)26(24)17-4-2-3-5-22(17)41-28(31)32)16-12-33-29(34-13-16)37-8-6-36(7-9-37)14-23(39)40/h2-5,10-13,15,24-26,28H,6-9,14H2,1H3,(H,39,40)/t15?,24?,25?,26-/m0/s1. The van der Waals surface area contributed by atoms with E-state index >= 15 is 4.39 Å². The van der Waals surface area contributed by atoms with Gasteiger partial charge < -0.3 is 19.3 Å². The predicted molar refractivity (Wildman–Crippen MR) is 144 cm³/mol. The molecule has 9 nitrogen and oxygen atoms in total. The maximum Gasteiger partial charge on any atom is 0.387 e. The minimum absolute atomic E-state index is 0.000220. The Morgan fingerprint density at radius 3 is 2.56 bits per heavy atom. The van der Waals surface area contributed by atoms with Crippen molar-refractivity contribution in [2.24, 2.45) is 11.8 Å². The van der Waals surface area contributed by atoms with Crippen LogP contribution in [0.3, 0.4) is 0 Å². The number of aromatic nitrogens is 4. The molecule has 41 heavy (non-hydrogen) atoms. The van der Waals surface area contributed by atoms with Crippen LogP contribution in [0.2, 0.25) is 0 Å². The van der Waals surface area contributed by atoms with E-state index < -0.39 is 18.4 Å². The fourth-order valence-corrected chi connectivity index (χ4v) is 6.64. The summed E-state index contributed by atoms with van der Waals surface area (Å²) in [7, 11) is 0. The topological polar surface area (TPSA) is 96.6 Å². The number of aliphatic carboxylic acids is 1. The highest BCUT2D eigenvalue weighted by Crippen LogP contribution is 2.66. The molecule has 0 radical (unpaired) electrons. The number of halogens is 3. The zero-order chi connectivity index (χ0) is 28.4. The summed E-state index contributed by atoms with van der Waals surface area (Å²) < 4.78 is 48.8. The molecule has 0 amide bonds. The van der Waals surface area contributed by atoms with Gasteiger partial charge in [0.1, 0.15) is 17.4 Å². The quantitative estimate of drug-likeness (QED) is 0.353. The van der Waals surface area contributed by atoms with Gasteiger partial charge in [-0.15, -0.1) is 0 Å². The number of hydrogen-bond donors (Lipinski definition) is 1. The van der Waals surface area contributed by atoms with Crippen molar-refractivity contribution in [1.82, 2.24) is 24.4 Å². The molecule has 1 N–H and O–H groups in total. The molecule has 4 atom stereocenters. The number of alkyl halides is 2. The number of para-hydroxylation sites is 1. The number of ether oxygens (including phenoxy) is 1. The number of anilines is 1. The summed E-state index contributed by atoms with van der Waals surface area (Å²) in [5, 5.41) is 9.01. The van der Waals surface area contributed by atoms with Crippen LogP contribution in [-0.4, -0.2) is 74.8 Å². The number of carboxylic acid groups (broad SMARTS) is 1. The van der Waals surface area contributed by atoms with Gasteiger partial charge in [0, 0.05) is 67.2 Å². The Morgan fingerprint density at radius 2 is 1.85 bits per heavy atom. The maximum atomic E-state index is 15.4. The van der Waals surface area contributed by atoms with Gasteiger partial charge in [0.2, 0.25) is 5.95 Å². The van der Waals surface area contributed by atoms with Crippen LogP contribution in [0, 0.1) is 17.7 Å². The highest BCUT2D eigenvalue weighted by molar-refractivity contribution is 5.84. The van der Waals surface area contributed by atoms with Crippen LogP contribution < -0.4 is 9.64 Å². The SMILES string of the molecule is CC1C2c3nc4cc(F)c(-c5cnc(N6CCN(CC(=O)O)CC6)nc5)cc4n3[C@@H](c3ccccc3OC(F)F)C12. The van der Waals surface area contributed by atoms with Crippen molar-refractivity contribution in [1.29, 1.82) is 0 Å². The third kappa shape index (κ3) is 4.37. The van der Waals surface area contributed by atoms with Crippen LogP contribution >= 0.6 is 0 Å². The fourth-order valence-electron chi connectivity index (χ4n) is 6.64. The van der Waals surface area contributed by atoms with Crippen LogP contribution in [0.1, 0.15) is 30.3 Å². The minimum atomic E-state index is -2.94. The van der Waals surface area contributed by atoms with Crippen molar-refractivity contribution in [3.8, 4) is 16.9 Å². The summed E-state index contributed by atoms with van der Waals surface area (Å²) in [6.07, 6.45) is 3.17. The van der Waals surface area contributed by atoms with Crippen molar-refractivity contribution >= 4 is 23.0 Å². The lowest BCUT2D eigenvalue weighted by atomic mass is 9.99. The molecule has 1 saturated heterocycles. The highest BCUT2D eigenvalue weighted by atomic mass is 19.3. The molecule has 2 aromatic carbocycles. The molecule has 12 heteroatoms. The molecule has 2 aliphatic heterocycles. The lowest BCUT2D eigenvalue weighted by Crippen LogP contribution is -2.48. The Hall–Kier alpha value is -4.19. The van der Waals surface area contributed by atoms with Crippen molar-refractivity contribution in [2.75, 3.05) is 37.6 Å². The van der Waals surface area contributed by atoms with E-state index in [2.05, 4.69) is 16.9 Å². The van der Waals surface area contributed by atoms with Crippen molar-refractivity contribution in [3.05, 3.63) is 66.0 Å². The number of imidazole rings is 1. The summed E-state index contributed by atoms with van der Waals surface area (Å²) in [4.78, 5) is 28.5. The van der Waals surface area contributed by atoms with E-state index in [1.807, 2.05) is 26.5 Å². The molecule has 212 valence electrons. The average molecular weight is 565 g/mol. The van der Waals surface area contributed by atoms with Gasteiger partial charge in [0.15, 0.2) is 0 Å². The Kier molecular flexibility index (Phi) is 6.11. The van der Waals surface area contributed by atoms with Gasteiger partial charge in [0.05, 0.1) is 23.6 Å². The first kappa shape index (κ1) is 25.8. The van der Waals surface area contributed by atoms with Crippen molar-refractivity contribution in [3.63, 3.8) is 0 Å². The van der Waals surface area contributed by atoms with Crippen molar-refractivity contribution in [2.45, 2.75) is 25.5 Å². The number of benzene rings is 2. The van der Waals surface area contributed by atoms with E-state index in [1.54, 1.807) is 30.6 Å². The van der Waals surface area contributed by atoms with Gasteiger partial charge in [-0.2, -0.15) is 8.78 Å². The second-order valence-corrected chi connectivity index (χ2v) is 10.9. The van der Waals surface area contributed by atoms with Crippen LogP contribution in [0.4, 0.5) is 19.1 Å². The van der Waals surface area contributed by atoms with Crippen LogP contribution in [0.25, 0.3) is 22.2 Å². The van der Waals surface area contributed by atoms with Crippen LogP contribution in [-0.2, 0) is 4.79 Å². The molecule has 1 aliphatic carbocycles. The first-order chi connectivity index (χ1) is 19.8. The molecule has 4 heterocycles. The molecule has 0 bridgehead atoms. The van der Waals surface area contributed by atoms with Crippen molar-refractivity contribution < 1.29 is 27.8 Å². The van der Waals surface area contributed by atoms with E-state index in [9.17, 15) is 13.6 Å². The Balaban J connectivity index is 1.22. The Labute approximate surface area is 233 Å². The molecular formula is C29H27F3N6O3. The molecule has 1 saturated carbocycles. The van der Waals surface area contributed by atoms with Gasteiger partial charge in [-0.25, -0.2) is 19.3 Å². The molecule has 7 rings (SSSR count). The fraction of sp³-hybridized carbons (Fsp3) is 0.379. The minimum Gasteiger partial charge on any atom is -0.480 e. The van der Waals surface area contributed by atoms with E-state index in [0.29, 0.717) is 65.8 Å². The number of carbonyl (C=O) groups is 1. The van der Waals surface area contributed by atoms with Crippen LogP contribution in [0.5, 0.6) is 5.75 Å². The van der Waals surface area contributed by atoms with E-state index in [1.165, 1.54) is 6.07 Å². The summed E-state index contributed by atoms with van der Waals surface area (Å²) in [5.74, 6) is 0.834. The van der Waals surface area contributed by atoms with Gasteiger partial charge in [-0.05, 0) is 24.0 Å². The zero-order valence-corrected chi connectivity index (χ0v) is 22.1. The summed E-state index contributed by atoms with van der Waals surface area (Å²) in [6, 6.07) is 9.73. The summed E-state index contributed by atoms with van der Waals surface area (Å²) >= 11 is 0. The largest absolute Gasteiger partial charge is 0.480 e. The third-order valence-electron chi connectivity index (χ3n) is 8.61. The molecule has 2 aromatic heterocycles. The molecule has 3 aliphatic rings. The normalized spacial score (nSPS) is 23.6. The zero-order valence-electron chi connectivity index (χ0n) is 22.1. The average Bonchev–Trinajstić information content (AvgIpc) is 3.28. The number of nitrogens with zero attached hydrogens (tertiary/aromatic N) is 6. The van der Waals surface area contributed by atoms with Gasteiger partial charge in [-0.1, -0.05) is 25.1 Å². The molecule has 4 aromatic rings. The lowest BCUT2D eigenvalue weighted by molar-refractivity contribution is -0.138. The van der Waals surface area contributed by atoms with E-state index in [0.717, 1.165) is 5.82 Å². The molecule has 2 fully saturated rings. The molecule has 0 spiro atoms. The first-order valence-electron chi connectivity index (χ1n) is 13.6. The first-order valence-corrected chi connectivity index (χ1v) is 13.6. The highest BCUT2D eigenvalue weighted by Gasteiger charge is 2.61. The van der Waals surface area contributed by atoms with E-state index in [4.69, 9.17) is 14.8 Å². The van der Waals surface area contributed by atoms with Gasteiger partial charge in [-0.3, -0.25) is 9.69 Å². The van der Waals surface area contributed by atoms with Gasteiger partial charge in [0.25, 0.3) is 0 Å². The number of carboxylic acids is 1. The lowest BCUT2D eigenvalue weighted by Gasteiger charge is -2.33. The van der Waals surface area contributed by atoms with Gasteiger partial charge >= 0.3 is 12.6 Å². The number of rotatable bonds is 7. The Morgan fingerprint density at radius 1 is 1.12 bits per heavy atom. The third-order valence-corrected chi connectivity index (χ3v) is 8.61.